The van der Waals surface area contributed by atoms with Gasteiger partial charge < -0.3 is 5.32 Å². The second-order valence-corrected chi connectivity index (χ2v) is 5.68. The number of rotatable bonds is 4. The van der Waals surface area contributed by atoms with Crippen LogP contribution in [-0.2, 0) is 6.54 Å². The minimum Gasteiger partial charge on any atom is -0.357 e. The molecule has 0 saturated carbocycles. The molecule has 2 rings (SSSR count). The second-order valence-electron chi connectivity index (χ2n) is 5.28. The Kier molecular flexibility index (Phi) is 5.67. The lowest BCUT2D eigenvalue weighted by atomic mass is 10.0. The highest BCUT2D eigenvalue weighted by atomic mass is 32.1. The third-order valence-electron chi connectivity index (χ3n) is 3.55. The standard InChI is InChI=1S/C18H21N3S/c1-13-9-10-17(11-14(13)2)15(3)20-21-18(22)19-12-16-7-5-4-6-8-16/h4-11H,12H2,1-3H3,(H2,19,21,22)/b20-15-. The van der Waals surface area contributed by atoms with Crippen molar-refractivity contribution in [3.8, 4) is 0 Å². The highest BCUT2D eigenvalue weighted by Gasteiger charge is 2.01. The molecule has 4 heteroatoms. The van der Waals surface area contributed by atoms with E-state index in [0.29, 0.717) is 11.7 Å². The van der Waals surface area contributed by atoms with Crippen LogP contribution in [0, 0.1) is 13.8 Å². The van der Waals surface area contributed by atoms with Crippen LogP contribution in [0.25, 0.3) is 0 Å². The smallest absolute Gasteiger partial charge is 0.187 e. The van der Waals surface area contributed by atoms with Gasteiger partial charge in [-0.25, -0.2) is 0 Å². The number of hydrazone groups is 1. The summed E-state index contributed by atoms with van der Waals surface area (Å²) in [6.45, 7) is 6.86. The van der Waals surface area contributed by atoms with Crippen molar-refractivity contribution in [1.82, 2.24) is 10.7 Å². The third-order valence-corrected chi connectivity index (χ3v) is 3.78. The first-order valence-electron chi connectivity index (χ1n) is 7.26. The zero-order valence-electron chi connectivity index (χ0n) is 13.2. The van der Waals surface area contributed by atoms with Gasteiger partial charge in [0.15, 0.2) is 5.11 Å². The van der Waals surface area contributed by atoms with E-state index in [1.165, 1.54) is 16.7 Å². The maximum absolute atomic E-state index is 5.24. The van der Waals surface area contributed by atoms with Gasteiger partial charge in [-0.05, 0) is 61.3 Å². The van der Waals surface area contributed by atoms with Crippen molar-refractivity contribution in [3.05, 3.63) is 70.8 Å². The van der Waals surface area contributed by atoms with Gasteiger partial charge in [0.2, 0.25) is 0 Å². The van der Waals surface area contributed by atoms with Crippen LogP contribution in [0.4, 0.5) is 0 Å². The molecule has 0 aromatic heterocycles. The fraction of sp³-hybridized carbons (Fsp3) is 0.222. The molecular formula is C18H21N3S. The van der Waals surface area contributed by atoms with E-state index >= 15 is 0 Å². The monoisotopic (exact) mass is 311 g/mol. The lowest BCUT2D eigenvalue weighted by molar-refractivity contribution is 0.866. The van der Waals surface area contributed by atoms with Crippen LogP contribution in [0.5, 0.6) is 0 Å². The van der Waals surface area contributed by atoms with Gasteiger partial charge >= 0.3 is 0 Å². The Balaban J connectivity index is 1.90. The molecule has 0 fully saturated rings. The molecular weight excluding hydrogens is 290 g/mol. The van der Waals surface area contributed by atoms with Crippen LogP contribution >= 0.6 is 12.2 Å². The molecule has 114 valence electrons. The number of thiocarbonyl (C=S) groups is 1. The van der Waals surface area contributed by atoms with Gasteiger partial charge in [-0.2, -0.15) is 5.10 Å². The molecule has 0 radical (unpaired) electrons. The first-order valence-corrected chi connectivity index (χ1v) is 7.67. The Morgan fingerprint density at radius 1 is 1.05 bits per heavy atom. The largest absolute Gasteiger partial charge is 0.357 e. The number of aryl methyl sites for hydroxylation is 2. The van der Waals surface area contributed by atoms with Crippen LogP contribution in [0.15, 0.2) is 53.6 Å². The number of hydrogen-bond donors (Lipinski definition) is 2. The Morgan fingerprint density at radius 3 is 2.45 bits per heavy atom. The van der Waals surface area contributed by atoms with Crippen LogP contribution in [0.1, 0.15) is 29.2 Å². The van der Waals surface area contributed by atoms with Gasteiger partial charge in [0.05, 0.1) is 5.71 Å². The van der Waals surface area contributed by atoms with Crippen molar-refractivity contribution in [1.29, 1.82) is 0 Å². The molecule has 0 unspecified atom stereocenters. The summed E-state index contributed by atoms with van der Waals surface area (Å²) in [4.78, 5) is 0. The predicted molar refractivity (Wildman–Crippen MR) is 97.1 cm³/mol. The summed E-state index contributed by atoms with van der Waals surface area (Å²) in [5.41, 5.74) is 8.63. The number of nitrogens with one attached hydrogen (secondary N) is 2. The van der Waals surface area contributed by atoms with E-state index in [0.717, 1.165) is 11.3 Å². The van der Waals surface area contributed by atoms with Crippen molar-refractivity contribution in [2.75, 3.05) is 0 Å². The molecule has 0 aliphatic heterocycles. The van der Waals surface area contributed by atoms with Gasteiger partial charge in [-0.15, -0.1) is 0 Å². The summed E-state index contributed by atoms with van der Waals surface area (Å²) in [5.74, 6) is 0. The molecule has 0 saturated heterocycles. The molecule has 0 heterocycles. The van der Waals surface area contributed by atoms with Crippen molar-refractivity contribution in [3.63, 3.8) is 0 Å². The van der Waals surface area contributed by atoms with E-state index in [9.17, 15) is 0 Å². The molecule has 0 spiro atoms. The molecule has 2 aromatic carbocycles. The molecule has 22 heavy (non-hydrogen) atoms. The van der Waals surface area contributed by atoms with E-state index in [1.807, 2.05) is 25.1 Å². The molecule has 2 N–H and O–H groups in total. The molecule has 3 nitrogen and oxygen atoms in total. The average molecular weight is 311 g/mol. The fourth-order valence-corrected chi connectivity index (χ4v) is 2.10. The first kappa shape index (κ1) is 16.2. The number of benzene rings is 2. The summed E-state index contributed by atoms with van der Waals surface area (Å²) in [7, 11) is 0. The van der Waals surface area contributed by atoms with Crippen LogP contribution in [0.2, 0.25) is 0 Å². The summed E-state index contributed by atoms with van der Waals surface area (Å²) >= 11 is 5.24. The van der Waals surface area contributed by atoms with Crippen LogP contribution < -0.4 is 10.7 Å². The molecule has 0 aliphatic carbocycles. The third kappa shape index (κ3) is 4.67. The molecule has 0 bridgehead atoms. The summed E-state index contributed by atoms with van der Waals surface area (Å²) < 4.78 is 0. The zero-order chi connectivity index (χ0) is 15.9. The van der Waals surface area contributed by atoms with Crippen molar-refractivity contribution in [2.24, 2.45) is 5.10 Å². The maximum Gasteiger partial charge on any atom is 0.187 e. The Hall–Kier alpha value is -2.20. The zero-order valence-corrected chi connectivity index (χ0v) is 14.0. The van der Waals surface area contributed by atoms with Crippen LogP contribution in [0.3, 0.4) is 0 Å². The highest BCUT2D eigenvalue weighted by molar-refractivity contribution is 7.80. The Bertz CT molecular complexity index is 678. The molecule has 0 atom stereocenters. The topological polar surface area (TPSA) is 36.4 Å². The van der Waals surface area contributed by atoms with Gasteiger partial charge in [0.1, 0.15) is 0 Å². The Labute approximate surface area is 137 Å². The van der Waals surface area contributed by atoms with Gasteiger partial charge in [-0.3, -0.25) is 5.43 Å². The highest BCUT2D eigenvalue weighted by Crippen LogP contribution is 2.10. The number of nitrogens with zero attached hydrogens (tertiary/aromatic N) is 1. The SMILES string of the molecule is C/C(=N/NC(=S)NCc1ccccc1)c1ccc(C)c(C)c1. The van der Waals surface area contributed by atoms with E-state index in [1.54, 1.807) is 0 Å². The van der Waals surface area contributed by atoms with Gasteiger partial charge in [0.25, 0.3) is 0 Å². The average Bonchev–Trinajstić information content (AvgIpc) is 2.54. The van der Waals surface area contributed by atoms with Gasteiger partial charge in [-0.1, -0.05) is 42.5 Å². The quantitative estimate of drug-likeness (QED) is 0.513. The molecule has 2 aromatic rings. The summed E-state index contributed by atoms with van der Waals surface area (Å²) in [6, 6.07) is 16.4. The number of hydrogen-bond acceptors (Lipinski definition) is 2. The second kappa shape index (κ2) is 7.71. The van der Waals surface area contributed by atoms with E-state index in [4.69, 9.17) is 12.2 Å². The van der Waals surface area contributed by atoms with E-state index in [2.05, 4.69) is 60.0 Å². The summed E-state index contributed by atoms with van der Waals surface area (Å²) in [5, 5.41) is 8.00. The lowest BCUT2D eigenvalue weighted by Gasteiger charge is -2.09. The predicted octanol–water partition coefficient (Wildman–Crippen LogP) is 3.69. The minimum absolute atomic E-state index is 0.520. The van der Waals surface area contributed by atoms with E-state index < -0.39 is 0 Å². The molecule has 0 amide bonds. The van der Waals surface area contributed by atoms with Crippen LogP contribution in [-0.4, -0.2) is 10.8 Å². The lowest BCUT2D eigenvalue weighted by Crippen LogP contribution is -2.32. The normalized spacial score (nSPS) is 11.1. The maximum atomic E-state index is 5.24. The van der Waals surface area contributed by atoms with Gasteiger partial charge in [0, 0.05) is 6.54 Å². The molecule has 0 aliphatic rings. The fourth-order valence-electron chi connectivity index (χ4n) is 1.98. The minimum atomic E-state index is 0.520. The van der Waals surface area contributed by atoms with Crippen molar-refractivity contribution in [2.45, 2.75) is 27.3 Å². The Morgan fingerprint density at radius 2 is 1.77 bits per heavy atom. The van der Waals surface area contributed by atoms with Crippen molar-refractivity contribution >= 4 is 23.0 Å². The van der Waals surface area contributed by atoms with E-state index in [-0.39, 0.29) is 0 Å². The van der Waals surface area contributed by atoms with Crippen molar-refractivity contribution < 1.29 is 0 Å². The first-order chi connectivity index (χ1) is 10.6. The summed E-state index contributed by atoms with van der Waals surface area (Å²) in [6.07, 6.45) is 0.